The predicted molar refractivity (Wildman–Crippen MR) is 74.7 cm³/mol. The van der Waals surface area contributed by atoms with Gasteiger partial charge in [-0.1, -0.05) is 25.5 Å². The number of hydrogen-bond donors (Lipinski definition) is 1. The number of anilines is 1. The number of aryl methyl sites for hydroxylation is 1. The van der Waals surface area contributed by atoms with Crippen LogP contribution in [-0.2, 0) is 4.74 Å². The van der Waals surface area contributed by atoms with Crippen LogP contribution in [0.2, 0.25) is 0 Å². The van der Waals surface area contributed by atoms with E-state index in [0.29, 0.717) is 12.6 Å². The molecule has 2 rings (SSSR count). The highest BCUT2D eigenvalue weighted by Gasteiger charge is 2.17. The first-order chi connectivity index (χ1) is 8.69. The average Bonchev–Trinajstić information content (AvgIpc) is 2.67. The number of nitrogen functional groups attached to an aromatic ring is 1. The SMILES string of the molecule is CCCC(COC)n1c(N)nc2c(C)cccc21. The molecular weight excluding hydrogens is 226 g/mol. The second-order valence-corrected chi connectivity index (χ2v) is 4.68. The minimum Gasteiger partial charge on any atom is -0.383 e. The summed E-state index contributed by atoms with van der Waals surface area (Å²) in [5.74, 6) is 0.579. The van der Waals surface area contributed by atoms with Crippen molar-refractivity contribution >= 4 is 17.0 Å². The fourth-order valence-electron chi connectivity index (χ4n) is 2.47. The minimum atomic E-state index is 0.256. The number of para-hydroxylation sites is 1. The van der Waals surface area contributed by atoms with Crippen LogP contribution in [0.3, 0.4) is 0 Å². The highest BCUT2D eigenvalue weighted by atomic mass is 16.5. The molecular formula is C14H21N3O. The molecule has 0 aliphatic heterocycles. The topological polar surface area (TPSA) is 53.1 Å². The highest BCUT2D eigenvalue weighted by Crippen LogP contribution is 2.27. The first-order valence-electron chi connectivity index (χ1n) is 6.41. The van der Waals surface area contributed by atoms with Crippen LogP contribution in [0.4, 0.5) is 5.95 Å². The number of methoxy groups -OCH3 is 1. The van der Waals surface area contributed by atoms with Gasteiger partial charge in [-0.2, -0.15) is 0 Å². The molecule has 2 N–H and O–H groups in total. The molecule has 1 atom stereocenters. The maximum absolute atomic E-state index is 6.08. The van der Waals surface area contributed by atoms with Gasteiger partial charge in [-0.3, -0.25) is 0 Å². The molecule has 0 amide bonds. The Labute approximate surface area is 108 Å². The van der Waals surface area contributed by atoms with E-state index in [1.54, 1.807) is 7.11 Å². The number of hydrogen-bond acceptors (Lipinski definition) is 3. The molecule has 0 aliphatic carbocycles. The molecule has 4 heteroatoms. The van der Waals surface area contributed by atoms with Gasteiger partial charge in [-0.05, 0) is 25.0 Å². The number of nitrogens with zero attached hydrogens (tertiary/aromatic N) is 2. The van der Waals surface area contributed by atoms with Crippen molar-refractivity contribution in [2.75, 3.05) is 19.5 Å². The van der Waals surface area contributed by atoms with Crippen molar-refractivity contribution < 1.29 is 4.74 Å². The zero-order valence-electron chi connectivity index (χ0n) is 11.3. The first-order valence-corrected chi connectivity index (χ1v) is 6.41. The third-order valence-corrected chi connectivity index (χ3v) is 3.30. The summed E-state index contributed by atoms with van der Waals surface area (Å²) < 4.78 is 7.42. The van der Waals surface area contributed by atoms with E-state index in [4.69, 9.17) is 10.5 Å². The third-order valence-electron chi connectivity index (χ3n) is 3.30. The van der Waals surface area contributed by atoms with E-state index >= 15 is 0 Å². The molecule has 1 heterocycles. The Morgan fingerprint density at radius 3 is 2.89 bits per heavy atom. The number of nitrogens with two attached hydrogens (primary N) is 1. The molecule has 0 saturated carbocycles. The lowest BCUT2D eigenvalue weighted by Gasteiger charge is -2.19. The second kappa shape index (κ2) is 5.40. The maximum atomic E-state index is 6.08. The minimum absolute atomic E-state index is 0.256. The molecule has 1 aromatic heterocycles. The van der Waals surface area contributed by atoms with Crippen LogP contribution in [0, 0.1) is 6.92 Å². The molecule has 2 aromatic rings. The zero-order valence-corrected chi connectivity index (χ0v) is 11.3. The molecule has 1 aromatic carbocycles. The van der Waals surface area contributed by atoms with Gasteiger partial charge in [-0.15, -0.1) is 0 Å². The van der Waals surface area contributed by atoms with Crippen molar-refractivity contribution in [1.29, 1.82) is 0 Å². The second-order valence-electron chi connectivity index (χ2n) is 4.68. The number of rotatable bonds is 5. The predicted octanol–water partition coefficient (Wildman–Crippen LogP) is 2.91. The van der Waals surface area contributed by atoms with Crippen LogP contribution in [-0.4, -0.2) is 23.3 Å². The summed E-state index contributed by atoms with van der Waals surface area (Å²) in [5.41, 5.74) is 9.33. The molecule has 0 bridgehead atoms. The maximum Gasteiger partial charge on any atom is 0.201 e. The summed E-state index contributed by atoms with van der Waals surface area (Å²) in [6, 6.07) is 6.44. The van der Waals surface area contributed by atoms with Gasteiger partial charge in [0.25, 0.3) is 0 Å². The van der Waals surface area contributed by atoms with Gasteiger partial charge >= 0.3 is 0 Å². The van der Waals surface area contributed by atoms with Crippen molar-refractivity contribution in [2.24, 2.45) is 0 Å². The Bertz CT molecular complexity index is 527. The van der Waals surface area contributed by atoms with Crippen molar-refractivity contribution in [1.82, 2.24) is 9.55 Å². The number of benzene rings is 1. The van der Waals surface area contributed by atoms with Gasteiger partial charge in [0.15, 0.2) is 0 Å². The van der Waals surface area contributed by atoms with Gasteiger partial charge in [0.05, 0.1) is 23.7 Å². The van der Waals surface area contributed by atoms with Gasteiger partial charge in [0.2, 0.25) is 5.95 Å². The van der Waals surface area contributed by atoms with E-state index in [1.807, 2.05) is 6.07 Å². The standard InChI is InChI=1S/C14H21N3O/c1-4-6-11(9-18-3)17-12-8-5-7-10(2)13(12)16-14(17)15/h5,7-8,11H,4,6,9H2,1-3H3,(H2,15,16). The largest absolute Gasteiger partial charge is 0.383 e. The van der Waals surface area contributed by atoms with E-state index in [0.717, 1.165) is 29.4 Å². The van der Waals surface area contributed by atoms with Crippen molar-refractivity contribution in [3.05, 3.63) is 23.8 Å². The monoisotopic (exact) mass is 247 g/mol. The van der Waals surface area contributed by atoms with E-state index < -0.39 is 0 Å². The highest BCUT2D eigenvalue weighted by molar-refractivity contribution is 5.81. The lowest BCUT2D eigenvalue weighted by atomic mass is 10.1. The molecule has 18 heavy (non-hydrogen) atoms. The third kappa shape index (κ3) is 2.20. The number of aromatic nitrogens is 2. The summed E-state index contributed by atoms with van der Waals surface area (Å²) in [4.78, 5) is 4.48. The molecule has 0 radical (unpaired) electrons. The van der Waals surface area contributed by atoms with Gasteiger partial charge in [0.1, 0.15) is 0 Å². The number of ether oxygens (including phenoxy) is 1. The molecule has 0 saturated heterocycles. The molecule has 4 nitrogen and oxygen atoms in total. The van der Waals surface area contributed by atoms with Crippen LogP contribution < -0.4 is 5.73 Å². The number of fused-ring (bicyclic) bond motifs is 1. The average molecular weight is 247 g/mol. The van der Waals surface area contributed by atoms with Crippen LogP contribution >= 0.6 is 0 Å². The molecule has 0 fully saturated rings. The van der Waals surface area contributed by atoms with E-state index in [2.05, 4.69) is 35.5 Å². The van der Waals surface area contributed by atoms with Crippen LogP contribution in [0.5, 0.6) is 0 Å². The van der Waals surface area contributed by atoms with E-state index in [-0.39, 0.29) is 6.04 Å². The van der Waals surface area contributed by atoms with Crippen molar-refractivity contribution in [2.45, 2.75) is 32.7 Å². The zero-order chi connectivity index (χ0) is 13.1. The van der Waals surface area contributed by atoms with Crippen LogP contribution in [0.1, 0.15) is 31.4 Å². The lowest BCUT2D eigenvalue weighted by molar-refractivity contribution is 0.153. The Kier molecular flexibility index (Phi) is 3.87. The fourth-order valence-corrected chi connectivity index (χ4v) is 2.47. The van der Waals surface area contributed by atoms with Crippen molar-refractivity contribution in [3.63, 3.8) is 0 Å². The molecule has 0 aliphatic rings. The smallest absolute Gasteiger partial charge is 0.201 e. The number of imidazole rings is 1. The lowest BCUT2D eigenvalue weighted by Crippen LogP contribution is -2.16. The Hall–Kier alpha value is -1.55. The van der Waals surface area contributed by atoms with Gasteiger partial charge < -0.3 is 15.0 Å². The Morgan fingerprint density at radius 1 is 1.44 bits per heavy atom. The Morgan fingerprint density at radius 2 is 2.22 bits per heavy atom. The van der Waals surface area contributed by atoms with Gasteiger partial charge in [-0.25, -0.2) is 4.98 Å². The van der Waals surface area contributed by atoms with E-state index in [1.165, 1.54) is 0 Å². The fraction of sp³-hybridized carbons (Fsp3) is 0.500. The Balaban J connectivity index is 2.54. The summed E-state index contributed by atoms with van der Waals surface area (Å²) >= 11 is 0. The molecule has 1 unspecified atom stereocenters. The van der Waals surface area contributed by atoms with Crippen LogP contribution in [0.25, 0.3) is 11.0 Å². The quantitative estimate of drug-likeness (QED) is 0.883. The molecule has 0 spiro atoms. The summed E-state index contributed by atoms with van der Waals surface area (Å²) in [6.07, 6.45) is 2.14. The first kappa shape index (κ1) is 12.9. The van der Waals surface area contributed by atoms with Gasteiger partial charge in [0, 0.05) is 7.11 Å². The van der Waals surface area contributed by atoms with Crippen molar-refractivity contribution in [3.8, 4) is 0 Å². The normalized spacial score (nSPS) is 13.1. The summed E-state index contributed by atoms with van der Waals surface area (Å²) in [5, 5.41) is 0. The molecule has 98 valence electrons. The van der Waals surface area contributed by atoms with E-state index in [9.17, 15) is 0 Å². The summed E-state index contributed by atoms with van der Waals surface area (Å²) in [6.45, 7) is 4.89. The summed E-state index contributed by atoms with van der Waals surface area (Å²) in [7, 11) is 1.73. The van der Waals surface area contributed by atoms with Crippen LogP contribution in [0.15, 0.2) is 18.2 Å².